The quantitative estimate of drug-likeness (QED) is 0.712. The number of nitrogens with zero attached hydrogens (tertiary/aromatic N) is 2. The van der Waals surface area contributed by atoms with Crippen molar-refractivity contribution in [2.75, 3.05) is 6.61 Å². The zero-order chi connectivity index (χ0) is 18.4. The van der Waals surface area contributed by atoms with Crippen molar-refractivity contribution in [3.05, 3.63) is 83.2 Å². The van der Waals surface area contributed by atoms with Crippen LogP contribution in [0.3, 0.4) is 0 Å². The number of hydrogen-bond donors (Lipinski definition) is 1. The van der Waals surface area contributed by atoms with E-state index in [1.165, 1.54) is 5.56 Å². The van der Waals surface area contributed by atoms with Crippen LogP contribution in [0.2, 0.25) is 0 Å². The summed E-state index contributed by atoms with van der Waals surface area (Å²) in [6, 6.07) is 19.5. The van der Waals surface area contributed by atoms with Gasteiger partial charge in [-0.1, -0.05) is 48.5 Å². The van der Waals surface area contributed by atoms with Gasteiger partial charge in [0.2, 0.25) is 0 Å². The fraction of sp³-hybridized carbons (Fsp3) is 0.238. The van der Waals surface area contributed by atoms with Crippen LogP contribution >= 0.6 is 0 Å². The molecule has 2 aromatic carbocycles. The highest BCUT2D eigenvalue weighted by atomic mass is 16.5. The number of aryl methyl sites for hydroxylation is 1. The Labute approximate surface area is 153 Å². The Hall–Kier alpha value is -3.08. The normalized spacial score (nSPS) is 10.5. The number of aromatic nitrogens is 2. The SMILES string of the molecule is Cc1nn(Cc2ccccc2)c(C)c1CNC(=O)COc1ccccc1. The van der Waals surface area contributed by atoms with Gasteiger partial charge in [0, 0.05) is 17.8 Å². The summed E-state index contributed by atoms with van der Waals surface area (Å²) in [6.07, 6.45) is 0. The molecule has 0 saturated carbocycles. The van der Waals surface area contributed by atoms with Crippen LogP contribution in [0.1, 0.15) is 22.5 Å². The van der Waals surface area contributed by atoms with Crippen molar-refractivity contribution in [1.82, 2.24) is 15.1 Å². The van der Waals surface area contributed by atoms with Gasteiger partial charge in [-0.15, -0.1) is 0 Å². The van der Waals surface area contributed by atoms with E-state index in [0.717, 1.165) is 23.5 Å². The van der Waals surface area contributed by atoms with Gasteiger partial charge in [-0.2, -0.15) is 5.10 Å². The average molecular weight is 349 g/mol. The zero-order valence-corrected chi connectivity index (χ0v) is 15.1. The average Bonchev–Trinajstić information content (AvgIpc) is 2.93. The molecular weight excluding hydrogens is 326 g/mol. The highest BCUT2D eigenvalue weighted by molar-refractivity contribution is 5.77. The first-order valence-corrected chi connectivity index (χ1v) is 8.65. The molecule has 1 amide bonds. The number of amides is 1. The second kappa shape index (κ2) is 8.34. The van der Waals surface area contributed by atoms with E-state index in [-0.39, 0.29) is 12.5 Å². The van der Waals surface area contributed by atoms with Crippen molar-refractivity contribution in [3.63, 3.8) is 0 Å². The number of para-hydroxylation sites is 1. The van der Waals surface area contributed by atoms with Crippen LogP contribution in [0, 0.1) is 13.8 Å². The van der Waals surface area contributed by atoms with Gasteiger partial charge in [-0.25, -0.2) is 0 Å². The number of carbonyl (C=O) groups is 1. The summed E-state index contributed by atoms with van der Waals surface area (Å²) in [5.41, 5.74) is 4.25. The van der Waals surface area contributed by atoms with Crippen molar-refractivity contribution < 1.29 is 9.53 Å². The van der Waals surface area contributed by atoms with Gasteiger partial charge in [-0.05, 0) is 31.5 Å². The van der Waals surface area contributed by atoms with Gasteiger partial charge in [0.1, 0.15) is 5.75 Å². The Balaban J connectivity index is 1.57. The maximum Gasteiger partial charge on any atom is 0.258 e. The first kappa shape index (κ1) is 17.7. The minimum absolute atomic E-state index is 0.000259. The Kier molecular flexibility index (Phi) is 5.69. The van der Waals surface area contributed by atoms with Gasteiger partial charge >= 0.3 is 0 Å². The lowest BCUT2D eigenvalue weighted by Gasteiger charge is -2.08. The topological polar surface area (TPSA) is 56.2 Å². The Morgan fingerprint density at radius 1 is 1.04 bits per heavy atom. The van der Waals surface area contributed by atoms with Crippen LogP contribution in [-0.4, -0.2) is 22.3 Å². The molecule has 3 rings (SSSR count). The molecule has 0 aliphatic heterocycles. The molecule has 26 heavy (non-hydrogen) atoms. The molecule has 5 heteroatoms. The number of rotatable bonds is 7. The molecule has 1 aromatic heterocycles. The molecule has 0 radical (unpaired) electrons. The predicted octanol–water partition coefficient (Wildman–Crippen LogP) is 3.24. The second-order valence-corrected chi connectivity index (χ2v) is 6.17. The minimum Gasteiger partial charge on any atom is -0.484 e. The molecular formula is C21H23N3O2. The Morgan fingerprint density at radius 3 is 2.38 bits per heavy atom. The third-order valence-corrected chi connectivity index (χ3v) is 4.28. The van der Waals surface area contributed by atoms with Crippen LogP contribution in [-0.2, 0) is 17.9 Å². The summed E-state index contributed by atoms with van der Waals surface area (Å²) in [4.78, 5) is 12.0. The third kappa shape index (κ3) is 4.51. The molecule has 3 aromatic rings. The highest BCUT2D eigenvalue weighted by Gasteiger charge is 2.13. The number of hydrogen-bond acceptors (Lipinski definition) is 3. The van der Waals surface area contributed by atoms with Gasteiger partial charge < -0.3 is 10.1 Å². The molecule has 0 saturated heterocycles. The first-order valence-electron chi connectivity index (χ1n) is 8.65. The van der Waals surface area contributed by atoms with E-state index in [1.807, 2.05) is 67.1 Å². The standard InChI is InChI=1S/C21H23N3O2/c1-16-20(13-22-21(25)15-26-19-11-7-4-8-12-19)17(2)24(23-16)14-18-9-5-3-6-10-18/h3-12H,13-15H2,1-2H3,(H,22,25). The minimum atomic E-state index is -0.150. The first-order chi connectivity index (χ1) is 12.6. The van der Waals surface area contributed by atoms with Crippen LogP contribution in [0.4, 0.5) is 0 Å². The Morgan fingerprint density at radius 2 is 1.69 bits per heavy atom. The lowest BCUT2D eigenvalue weighted by Crippen LogP contribution is -2.28. The lowest BCUT2D eigenvalue weighted by atomic mass is 10.2. The van der Waals surface area contributed by atoms with Crippen molar-refractivity contribution in [1.29, 1.82) is 0 Å². The molecule has 0 unspecified atom stereocenters. The van der Waals surface area contributed by atoms with Crippen LogP contribution in [0.5, 0.6) is 5.75 Å². The van der Waals surface area contributed by atoms with E-state index in [1.54, 1.807) is 0 Å². The van der Waals surface area contributed by atoms with Gasteiger partial charge in [0.25, 0.3) is 5.91 Å². The Bertz CT molecular complexity index is 858. The van der Waals surface area contributed by atoms with Crippen LogP contribution in [0.25, 0.3) is 0 Å². The van der Waals surface area contributed by atoms with E-state index in [2.05, 4.69) is 22.5 Å². The fourth-order valence-corrected chi connectivity index (χ4v) is 2.80. The number of nitrogens with one attached hydrogen (secondary N) is 1. The molecule has 0 spiro atoms. The van der Waals surface area contributed by atoms with Crippen LogP contribution < -0.4 is 10.1 Å². The van der Waals surface area contributed by atoms with E-state index in [0.29, 0.717) is 12.3 Å². The summed E-state index contributed by atoms with van der Waals surface area (Å²) >= 11 is 0. The van der Waals surface area contributed by atoms with Crippen LogP contribution in [0.15, 0.2) is 60.7 Å². The monoisotopic (exact) mass is 349 g/mol. The fourth-order valence-electron chi connectivity index (χ4n) is 2.80. The summed E-state index contributed by atoms with van der Waals surface area (Å²) in [5, 5.41) is 7.52. The molecule has 0 aliphatic rings. The summed E-state index contributed by atoms with van der Waals surface area (Å²) in [6.45, 7) is 5.17. The van der Waals surface area contributed by atoms with Gasteiger partial charge in [0.15, 0.2) is 6.61 Å². The molecule has 1 N–H and O–H groups in total. The van der Waals surface area contributed by atoms with Crippen molar-refractivity contribution in [3.8, 4) is 5.75 Å². The van der Waals surface area contributed by atoms with Crippen molar-refractivity contribution >= 4 is 5.91 Å². The molecule has 134 valence electrons. The summed E-state index contributed by atoms with van der Waals surface area (Å²) in [5.74, 6) is 0.536. The smallest absolute Gasteiger partial charge is 0.258 e. The van der Waals surface area contributed by atoms with Gasteiger partial charge in [-0.3, -0.25) is 9.48 Å². The van der Waals surface area contributed by atoms with E-state index in [9.17, 15) is 4.79 Å². The second-order valence-electron chi connectivity index (χ2n) is 6.17. The summed E-state index contributed by atoms with van der Waals surface area (Å²) in [7, 11) is 0. The zero-order valence-electron chi connectivity index (χ0n) is 15.1. The maximum atomic E-state index is 12.0. The number of carbonyl (C=O) groups excluding carboxylic acids is 1. The van der Waals surface area contributed by atoms with E-state index < -0.39 is 0 Å². The lowest BCUT2D eigenvalue weighted by molar-refractivity contribution is -0.123. The maximum absolute atomic E-state index is 12.0. The largest absolute Gasteiger partial charge is 0.484 e. The number of ether oxygens (including phenoxy) is 1. The van der Waals surface area contributed by atoms with Crippen molar-refractivity contribution in [2.24, 2.45) is 0 Å². The van der Waals surface area contributed by atoms with Crippen molar-refractivity contribution in [2.45, 2.75) is 26.9 Å². The number of benzene rings is 2. The van der Waals surface area contributed by atoms with E-state index in [4.69, 9.17) is 4.74 Å². The molecule has 0 aliphatic carbocycles. The molecule has 1 heterocycles. The molecule has 0 atom stereocenters. The molecule has 0 bridgehead atoms. The predicted molar refractivity (Wildman–Crippen MR) is 101 cm³/mol. The van der Waals surface area contributed by atoms with E-state index >= 15 is 0 Å². The molecule has 0 fully saturated rings. The van der Waals surface area contributed by atoms with Gasteiger partial charge in [0.05, 0.1) is 12.2 Å². The third-order valence-electron chi connectivity index (χ3n) is 4.28. The highest BCUT2D eigenvalue weighted by Crippen LogP contribution is 2.15. The molecule has 5 nitrogen and oxygen atoms in total. The summed E-state index contributed by atoms with van der Waals surface area (Å²) < 4.78 is 7.45.